The van der Waals surface area contributed by atoms with Crippen molar-refractivity contribution >= 4 is 11.6 Å². The average Bonchev–Trinajstić information content (AvgIpc) is 2.86. The number of fused-ring (bicyclic) bond motifs is 5. The number of carbonyl (C=O) groups is 2. The maximum atomic E-state index is 12.8. The first kappa shape index (κ1) is 14.1. The van der Waals surface area contributed by atoms with Gasteiger partial charge >= 0.3 is 0 Å². The standard InChI is InChI=1S/C19H22O3/c1-10-9-22-18-12-6-7-13-11(5-4-8-19(13,2)3)15(12)17(21)16(20)14(10)18/h6-7,10,14,18H,4-5,8-9H2,1-3H3/t10-,14-,18-/m0/s1. The summed E-state index contributed by atoms with van der Waals surface area (Å²) in [4.78, 5) is 25.4. The summed E-state index contributed by atoms with van der Waals surface area (Å²) in [5.41, 5.74) is 4.05. The Morgan fingerprint density at radius 1 is 1.23 bits per heavy atom. The van der Waals surface area contributed by atoms with Crippen molar-refractivity contribution in [2.24, 2.45) is 11.8 Å². The minimum absolute atomic E-state index is 0.0760. The summed E-state index contributed by atoms with van der Waals surface area (Å²) in [7, 11) is 0. The van der Waals surface area contributed by atoms with E-state index in [1.54, 1.807) is 0 Å². The molecule has 0 saturated carbocycles. The fraction of sp³-hybridized carbons (Fsp3) is 0.579. The molecule has 1 aliphatic heterocycles. The van der Waals surface area contributed by atoms with E-state index in [1.807, 2.05) is 13.0 Å². The quantitative estimate of drug-likeness (QED) is 0.690. The highest BCUT2D eigenvalue weighted by atomic mass is 16.5. The van der Waals surface area contributed by atoms with E-state index in [2.05, 4.69) is 19.9 Å². The molecule has 2 aliphatic carbocycles. The van der Waals surface area contributed by atoms with Gasteiger partial charge in [0.05, 0.1) is 18.6 Å². The Morgan fingerprint density at radius 3 is 2.77 bits per heavy atom. The van der Waals surface area contributed by atoms with Gasteiger partial charge in [-0.05, 0) is 47.3 Å². The van der Waals surface area contributed by atoms with Crippen molar-refractivity contribution in [1.29, 1.82) is 0 Å². The zero-order valence-electron chi connectivity index (χ0n) is 13.4. The minimum Gasteiger partial charge on any atom is -0.372 e. The number of rotatable bonds is 0. The molecule has 22 heavy (non-hydrogen) atoms. The molecule has 0 spiro atoms. The second-order valence-corrected chi connectivity index (χ2v) is 7.74. The lowest BCUT2D eigenvalue weighted by Gasteiger charge is -2.36. The molecule has 0 N–H and O–H groups in total. The molecule has 0 radical (unpaired) electrons. The fourth-order valence-electron chi connectivity index (χ4n) is 4.62. The first-order valence-electron chi connectivity index (χ1n) is 8.28. The molecule has 1 fully saturated rings. The molecule has 0 amide bonds. The fourth-order valence-corrected chi connectivity index (χ4v) is 4.62. The number of ketones is 2. The monoisotopic (exact) mass is 298 g/mol. The summed E-state index contributed by atoms with van der Waals surface area (Å²) in [5.74, 6) is -0.667. The van der Waals surface area contributed by atoms with Crippen molar-refractivity contribution < 1.29 is 14.3 Å². The molecule has 3 aliphatic rings. The Hall–Kier alpha value is -1.48. The molecule has 1 aromatic carbocycles. The maximum absolute atomic E-state index is 12.8. The predicted molar refractivity (Wildman–Crippen MR) is 83.1 cm³/mol. The molecule has 116 valence electrons. The number of ether oxygens (including phenoxy) is 1. The van der Waals surface area contributed by atoms with Crippen LogP contribution >= 0.6 is 0 Å². The second-order valence-electron chi connectivity index (χ2n) is 7.74. The predicted octanol–water partition coefficient (Wildman–Crippen LogP) is 3.39. The van der Waals surface area contributed by atoms with E-state index < -0.39 is 0 Å². The lowest BCUT2D eigenvalue weighted by atomic mass is 9.67. The van der Waals surface area contributed by atoms with Crippen LogP contribution in [0.2, 0.25) is 0 Å². The summed E-state index contributed by atoms with van der Waals surface area (Å²) >= 11 is 0. The topological polar surface area (TPSA) is 43.4 Å². The molecule has 4 rings (SSSR count). The van der Waals surface area contributed by atoms with Crippen LogP contribution in [0.1, 0.15) is 66.8 Å². The highest BCUT2D eigenvalue weighted by molar-refractivity contribution is 6.46. The number of hydrogen-bond donors (Lipinski definition) is 0. The van der Waals surface area contributed by atoms with Crippen molar-refractivity contribution in [1.82, 2.24) is 0 Å². The van der Waals surface area contributed by atoms with Crippen LogP contribution in [-0.4, -0.2) is 18.2 Å². The van der Waals surface area contributed by atoms with Gasteiger partial charge in [0.15, 0.2) is 0 Å². The number of Topliss-reactive ketones (excluding diaryl/α,β-unsaturated/α-hetero) is 2. The van der Waals surface area contributed by atoms with Gasteiger partial charge in [0.1, 0.15) is 0 Å². The van der Waals surface area contributed by atoms with Crippen molar-refractivity contribution in [2.75, 3.05) is 6.61 Å². The summed E-state index contributed by atoms with van der Waals surface area (Å²) < 4.78 is 5.88. The summed E-state index contributed by atoms with van der Waals surface area (Å²) in [6, 6.07) is 4.21. The lowest BCUT2D eigenvalue weighted by Crippen LogP contribution is -2.38. The van der Waals surface area contributed by atoms with Crippen LogP contribution in [0.15, 0.2) is 12.1 Å². The largest absolute Gasteiger partial charge is 0.372 e. The third-order valence-corrected chi connectivity index (χ3v) is 5.84. The van der Waals surface area contributed by atoms with Gasteiger partial charge in [0.2, 0.25) is 11.6 Å². The Morgan fingerprint density at radius 2 is 2.00 bits per heavy atom. The Labute approximate surface area is 131 Å². The molecule has 0 bridgehead atoms. The first-order valence-corrected chi connectivity index (χ1v) is 8.28. The van der Waals surface area contributed by atoms with E-state index in [-0.39, 0.29) is 34.9 Å². The van der Waals surface area contributed by atoms with Crippen LogP contribution in [0.4, 0.5) is 0 Å². The molecule has 1 aromatic rings. The van der Waals surface area contributed by atoms with Crippen LogP contribution in [0, 0.1) is 11.8 Å². The highest BCUT2D eigenvalue weighted by Crippen LogP contribution is 2.48. The van der Waals surface area contributed by atoms with Gasteiger partial charge in [-0.2, -0.15) is 0 Å². The Kier molecular flexibility index (Phi) is 2.90. The van der Waals surface area contributed by atoms with Gasteiger partial charge in [0.25, 0.3) is 0 Å². The summed E-state index contributed by atoms with van der Waals surface area (Å²) in [5, 5.41) is 0. The number of benzene rings is 1. The second kappa shape index (κ2) is 4.51. The number of carbonyl (C=O) groups excluding carboxylic acids is 2. The van der Waals surface area contributed by atoms with Crippen molar-refractivity contribution in [3.8, 4) is 0 Å². The first-order chi connectivity index (χ1) is 10.4. The van der Waals surface area contributed by atoms with Crippen molar-refractivity contribution in [3.05, 3.63) is 34.4 Å². The minimum atomic E-state index is -0.283. The zero-order valence-corrected chi connectivity index (χ0v) is 13.4. The summed E-state index contributed by atoms with van der Waals surface area (Å²) in [6.07, 6.45) is 2.88. The molecule has 0 unspecified atom stereocenters. The van der Waals surface area contributed by atoms with Gasteiger partial charge < -0.3 is 4.74 Å². The molecule has 1 saturated heterocycles. The normalized spacial score (nSPS) is 32.4. The molecule has 3 atom stereocenters. The van der Waals surface area contributed by atoms with Crippen molar-refractivity contribution in [3.63, 3.8) is 0 Å². The van der Waals surface area contributed by atoms with Gasteiger partial charge in [-0.15, -0.1) is 0 Å². The zero-order chi connectivity index (χ0) is 15.6. The summed E-state index contributed by atoms with van der Waals surface area (Å²) in [6.45, 7) is 7.02. The Bertz CT molecular complexity index is 686. The van der Waals surface area contributed by atoms with E-state index in [0.717, 1.165) is 30.4 Å². The molecule has 1 heterocycles. The molecule has 3 nitrogen and oxygen atoms in total. The van der Waals surface area contributed by atoms with Gasteiger partial charge in [0, 0.05) is 5.56 Å². The number of hydrogen-bond acceptors (Lipinski definition) is 3. The van der Waals surface area contributed by atoms with Gasteiger partial charge in [-0.25, -0.2) is 0 Å². The third kappa shape index (κ3) is 1.72. The van der Waals surface area contributed by atoms with E-state index in [4.69, 9.17) is 4.74 Å². The van der Waals surface area contributed by atoms with E-state index in [1.165, 1.54) is 5.56 Å². The SMILES string of the molecule is C[C@H]1CO[C@H]2c3ccc4c(c3C(=O)C(=O)[C@H]12)CCCC4(C)C. The van der Waals surface area contributed by atoms with E-state index >= 15 is 0 Å². The van der Waals surface area contributed by atoms with Crippen LogP contribution in [0.25, 0.3) is 0 Å². The van der Waals surface area contributed by atoms with Crippen LogP contribution in [-0.2, 0) is 21.4 Å². The van der Waals surface area contributed by atoms with E-state index in [9.17, 15) is 9.59 Å². The average molecular weight is 298 g/mol. The maximum Gasteiger partial charge on any atom is 0.229 e. The Balaban J connectivity index is 1.95. The van der Waals surface area contributed by atoms with Crippen LogP contribution < -0.4 is 0 Å². The van der Waals surface area contributed by atoms with E-state index in [0.29, 0.717) is 12.2 Å². The van der Waals surface area contributed by atoms with Crippen LogP contribution in [0.5, 0.6) is 0 Å². The smallest absolute Gasteiger partial charge is 0.229 e. The van der Waals surface area contributed by atoms with Gasteiger partial charge in [-0.3, -0.25) is 9.59 Å². The lowest BCUT2D eigenvalue weighted by molar-refractivity contribution is -0.121. The molecular formula is C19H22O3. The molecular weight excluding hydrogens is 276 g/mol. The highest BCUT2D eigenvalue weighted by Gasteiger charge is 2.49. The van der Waals surface area contributed by atoms with Gasteiger partial charge in [-0.1, -0.05) is 32.9 Å². The third-order valence-electron chi connectivity index (χ3n) is 5.84. The van der Waals surface area contributed by atoms with Crippen LogP contribution in [0.3, 0.4) is 0 Å². The molecule has 3 heteroatoms. The molecule has 0 aromatic heterocycles. The van der Waals surface area contributed by atoms with Crippen molar-refractivity contribution in [2.45, 2.75) is 51.6 Å².